The van der Waals surface area contributed by atoms with Crippen molar-refractivity contribution in [3.8, 4) is 0 Å². The molecule has 0 saturated heterocycles. The molecular weight excluding hydrogens is 260 g/mol. The number of rotatable bonds is 5. The molecule has 1 rings (SSSR count). The van der Waals surface area contributed by atoms with Crippen LogP contribution in [0.3, 0.4) is 0 Å². The van der Waals surface area contributed by atoms with Crippen LogP contribution in [-0.2, 0) is 10.0 Å². The van der Waals surface area contributed by atoms with E-state index in [1.165, 1.54) is 18.5 Å². The van der Waals surface area contributed by atoms with Gasteiger partial charge in [-0.15, -0.1) is 11.3 Å². The van der Waals surface area contributed by atoms with E-state index in [0.29, 0.717) is 11.3 Å². The summed E-state index contributed by atoms with van der Waals surface area (Å²) in [5, 5.41) is 3.92. The van der Waals surface area contributed by atoms with E-state index < -0.39 is 10.0 Å². The van der Waals surface area contributed by atoms with Crippen molar-refractivity contribution in [1.29, 1.82) is 0 Å². The summed E-state index contributed by atoms with van der Waals surface area (Å²) in [5.74, 6) is -0.278. The molecule has 5 nitrogen and oxygen atoms in total. The first-order valence-electron chi connectivity index (χ1n) is 5.23. The molecule has 0 bridgehead atoms. The van der Waals surface area contributed by atoms with Crippen molar-refractivity contribution < 1.29 is 13.2 Å². The summed E-state index contributed by atoms with van der Waals surface area (Å²) in [7, 11) is -2.00. The van der Waals surface area contributed by atoms with Gasteiger partial charge in [-0.3, -0.25) is 4.79 Å². The van der Waals surface area contributed by atoms with E-state index in [-0.39, 0.29) is 16.8 Å². The van der Waals surface area contributed by atoms with Crippen LogP contribution in [0, 0.1) is 0 Å². The third-order valence-electron chi connectivity index (χ3n) is 2.31. The van der Waals surface area contributed by atoms with Gasteiger partial charge in [0, 0.05) is 18.5 Å². The van der Waals surface area contributed by atoms with Crippen molar-refractivity contribution in [2.45, 2.75) is 31.2 Å². The average molecular weight is 276 g/mol. The Hall–Kier alpha value is -0.920. The maximum atomic E-state index is 11.9. The van der Waals surface area contributed by atoms with Crippen LogP contribution in [0.2, 0.25) is 0 Å². The van der Waals surface area contributed by atoms with E-state index in [9.17, 15) is 13.2 Å². The number of amides is 1. The summed E-state index contributed by atoms with van der Waals surface area (Å²) in [6, 6.07) is 1.26. The van der Waals surface area contributed by atoms with Crippen molar-refractivity contribution in [2.75, 3.05) is 7.05 Å². The van der Waals surface area contributed by atoms with Crippen LogP contribution in [0.5, 0.6) is 0 Å². The summed E-state index contributed by atoms with van der Waals surface area (Å²) in [5.41, 5.74) is 0. The minimum atomic E-state index is -3.51. The molecule has 0 unspecified atom stereocenters. The first-order chi connectivity index (χ1) is 7.90. The van der Waals surface area contributed by atoms with Gasteiger partial charge in [0.15, 0.2) is 0 Å². The summed E-state index contributed by atoms with van der Waals surface area (Å²) < 4.78 is 26.3. The number of carbonyl (C=O) groups is 1. The molecule has 1 aromatic rings. The van der Waals surface area contributed by atoms with Gasteiger partial charge in [-0.25, -0.2) is 13.1 Å². The van der Waals surface area contributed by atoms with Crippen LogP contribution in [0.4, 0.5) is 0 Å². The molecule has 7 heteroatoms. The second kappa shape index (κ2) is 5.61. The first-order valence-corrected chi connectivity index (χ1v) is 7.60. The van der Waals surface area contributed by atoms with E-state index in [0.717, 1.165) is 11.3 Å². The van der Waals surface area contributed by atoms with Crippen molar-refractivity contribution >= 4 is 27.3 Å². The largest absolute Gasteiger partial charge is 0.354 e. The molecule has 0 aliphatic rings. The third kappa shape index (κ3) is 3.52. The second-order valence-electron chi connectivity index (χ2n) is 3.66. The van der Waals surface area contributed by atoms with Crippen molar-refractivity contribution in [3.05, 3.63) is 16.3 Å². The van der Waals surface area contributed by atoms with Crippen LogP contribution in [0.25, 0.3) is 0 Å². The SMILES string of the molecule is CC[C@H](C)NS(=O)(=O)c1csc(C(=O)NC)c1. The highest BCUT2D eigenvalue weighted by atomic mass is 32.2. The highest BCUT2D eigenvalue weighted by molar-refractivity contribution is 7.89. The molecule has 2 N–H and O–H groups in total. The lowest BCUT2D eigenvalue weighted by molar-refractivity contribution is 0.0967. The third-order valence-corrected chi connectivity index (χ3v) is 4.95. The van der Waals surface area contributed by atoms with Gasteiger partial charge in [0.05, 0.1) is 9.77 Å². The zero-order valence-electron chi connectivity index (χ0n) is 9.98. The number of thiophene rings is 1. The molecular formula is C10H16N2O3S2. The Morgan fingerprint density at radius 3 is 2.71 bits per heavy atom. The Labute approximate surface area is 105 Å². The molecule has 1 heterocycles. The predicted octanol–water partition coefficient (Wildman–Crippen LogP) is 1.18. The maximum Gasteiger partial charge on any atom is 0.261 e. The Balaban J connectivity index is 2.93. The number of hydrogen-bond acceptors (Lipinski definition) is 4. The fraction of sp³-hybridized carbons (Fsp3) is 0.500. The van der Waals surface area contributed by atoms with Gasteiger partial charge in [-0.05, 0) is 19.4 Å². The monoisotopic (exact) mass is 276 g/mol. The van der Waals surface area contributed by atoms with Gasteiger partial charge in [-0.1, -0.05) is 6.92 Å². The number of carbonyl (C=O) groups excluding carboxylic acids is 1. The van der Waals surface area contributed by atoms with E-state index in [1.54, 1.807) is 6.92 Å². The van der Waals surface area contributed by atoms with Crippen LogP contribution in [0.15, 0.2) is 16.3 Å². The lowest BCUT2D eigenvalue weighted by atomic mass is 10.3. The number of nitrogens with one attached hydrogen (secondary N) is 2. The predicted molar refractivity (Wildman–Crippen MR) is 67.8 cm³/mol. The maximum absolute atomic E-state index is 11.9. The molecule has 1 amide bonds. The fourth-order valence-corrected chi connectivity index (χ4v) is 3.66. The van der Waals surface area contributed by atoms with Gasteiger partial charge in [0.2, 0.25) is 10.0 Å². The van der Waals surface area contributed by atoms with Crippen molar-refractivity contribution in [1.82, 2.24) is 10.0 Å². The van der Waals surface area contributed by atoms with Gasteiger partial charge >= 0.3 is 0 Å². The molecule has 0 aliphatic heterocycles. The van der Waals surface area contributed by atoms with E-state index in [4.69, 9.17) is 0 Å². The van der Waals surface area contributed by atoms with Crippen molar-refractivity contribution in [2.24, 2.45) is 0 Å². The molecule has 0 radical (unpaired) electrons. The Kier molecular flexibility index (Phi) is 4.67. The zero-order valence-corrected chi connectivity index (χ0v) is 11.6. The number of hydrogen-bond donors (Lipinski definition) is 2. The van der Waals surface area contributed by atoms with E-state index in [1.807, 2.05) is 6.92 Å². The van der Waals surface area contributed by atoms with E-state index >= 15 is 0 Å². The highest BCUT2D eigenvalue weighted by Gasteiger charge is 2.19. The molecule has 0 fully saturated rings. The molecule has 0 saturated carbocycles. The van der Waals surface area contributed by atoms with Crippen LogP contribution >= 0.6 is 11.3 Å². The number of sulfonamides is 1. The average Bonchev–Trinajstić information content (AvgIpc) is 2.77. The lowest BCUT2D eigenvalue weighted by Crippen LogP contribution is -2.31. The van der Waals surface area contributed by atoms with E-state index in [2.05, 4.69) is 10.0 Å². The summed E-state index contributed by atoms with van der Waals surface area (Å²) >= 11 is 1.11. The molecule has 0 aliphatic carbocycles. The van der Waals surface area contributed by atoms with Crippen LogP contribution in [0.1, 0.15) is 29.9 Å². The van der Waals surface area contributed by atoms with Crippen LogP contribution < -0.4 is 10.0 Å². The smallest absolute Gasteiger partial charge is 0.261 e. The molecule has 96 valence electrons. The second-order valence-corrected chi connectivity index (χ2v) is 6.28. The van der Waals surface area contributed by atoms with Gasteiger partial charge < -0.3 is 5.32 Å². The summed E-state index contributed by atoms with van der Waals surface area (Å²) in [6.07, 6.45) is 0.714. The lowest BCUT2D eigenvalue weighted by Gasteiger charge is -2.10. The molecule has 0 spiro atoms. The minimum absolute atomic E-state index is 0.122. The van der Waals surface area contributed by atoms with Crippen LogP contribution in [-0.4, -0.2) is 27.4 Å². The minimum Gasteiger partial charge on any atom is -0.354 e. The summed E-state index contributed by atoms with van der Waals surface area (Å²) in [6.45, 7) is 3.69. The Morgan fingerprint density at radius 1 is 1.53 bits per heavy atom. The highest BCUT2D eigenvalue weighted by Crippen LogP contribution is 2.19. The topological polar surface area (TPSA) is 75.3 Å². The zero-order chi connectivity index (χ0) is 13.1. The van der Waals surface area contributed by atoms with Gasteiger partial charge in [0.1, 0.15) is 0 Å². The molecule has 1 atom stereocenters. The summed E-state index contributed by atoms with van der Waals surface area (Å²) in [4.78, 5) is 11.8. The van der Waals surface area contributed by atoms with Crippen molar-refractivity contribution in [3.63, 3.8) is 0 Å². The first kappa shape index (κ1) is 14.1. The molecule has 17 heavy (non-hydrogen) atoms. The normalized spacial score (nSPS) is 13.4. The quantitative estimate of drug-likeness (QED) is 0.848. The Bertz CT molecular complexity index is 493. The molecule has 0 aromatic carbocycles. The Morgan fingerprint density at radius 2 is 2.18 bits per heavy atom. The fourth-order valence-electron chi connectivity index (χ4n) is 1.12. The van der Waals surface area contributed by atoms with Gasteiger partial charge in [-0.2, -0.15) is 0 Å². The standard InChI is InChI=1S/C10H16N2O3S2/c1-4-7(2)12-17(14,15)8-5-9(16-6-8)10(13)11-3/h5-7,12H,4H2,1-3H3,(H,11,13)/t7-/m0/s1. The molecule has 1 aromatic heterocycles. The van der Waals surface area contributed by atoms with Gasteiger partial charge in [0.25, 0.3) is 5.91 Å².